The Balaban J connectivity index is 1.48. The van der Waals surface area contributed by atoms with Gasteiger partial charge in [-0.25, -0.2) is 9.78 Å². The van der Waals surface area contributed by atoms with Gasteiger partial charge in [0, 0.05) is 29.5 Å². The Morgan fingerprint density at radius 3 is 2.35 bits per heavy atom. The first-order valence-corrected chi connectivity index (χ1v) is 19.2. The SMILES string of the molecule is CCCC(NC(=O)[C@@H]1C[C@@H](Oc2cc(-c3ccccc3)nc3cc(OC)ccc23)CN1C(=O)C(NC(=O)OC1CCCC1)C(C)(C)C)P(=O)(O)O. The Labute approximate surface area is 298 Å². The number of nitrogens with one attached hydrogen (secondary N) is 2. The van der Waals surface area contributed by atoms with Gasteiger partial charge in [0.1, 0.15) is 41.6 Å². The van der Waals surface area contributed by atoms with E-state index in [9.17, 15) is 28.7 Å². The molecule has 4 N–H and O–H groups in total. The maximum absolute atomic E-state index is 14.5. The number of aromatic nitrogens is 1. The van der Waals surface area contributed by atoms with Crippen LogP contribution in [0, 0.1) is 5.41 Å². The number of benzene rings is 2. The number of hydrogen-bond donors (Lipinski definition) is 4. The molecule has 2 aromatic carbocycles. The standard InChI is InChI=1S/C37H49N4O9P/c1-6-12-32(51(45,46)47)39-34(42)30-20-26(22-41(30)35(43)33(37(2,3)4)40-36(44)50-24-15-10-11-16-24)49-31-21-28(23-13-8-7-9-14-23)38-29-19-25(48-5)17-18-27(29)31/h7-9,13-14,17-19,21,24,26,30,32-33H,6,10-12,15-16,20,22H2,1-5H3,(H,39,42)(H,40,44)(H2,45,46,47)/t26-,30+,32?,33?/m1/s1. The van der Waals surface area contributed by atoms with E-state index in [0.29, 0.717) is 34.5 Å². The first kappa shape index (κ1) is 38.1. The molecule has 3 aromatic rings. The maximum Gasteiger partial charge on any atom is 0.408 e. The molecule has 4 atom stereocenters. The van der Waals surface area contributed by atoms with Crippen LogP contribution in [0.4, 0.5) is 4.79 Å². The average molecular weight is 725 g/mol. The Bertz CT molecular complexity index is 1750. The lowest BCUT2D eigenvalue weighted by molar-refractivity contribution is -0.142. The molecular formula is C37H49N4O9P. The van der Waals surface area contributed by atoms with E-state index in [0.717, 1.165) is 31.2 Å². The van der Waals surface area contributed by atoms with Crippen LogP contribution in [0.3, 0.4) is 0 Å². The fraction of sp³-hybridized carbons (Fsp3) is 0.514. The van der Waals surface area contributed by atoms with Gasteiger partial charge in [-0.2, -0.15) is 0 Å². The number of carbonyl (C=O) groups excluding carboxylic acids is 3. The van der Waals surface area contributed by atoms with E-state index in [2.05, 4.69) is 10.6 Å². The second-order valence-corrected chi connectivity index (χ2v) is 16.2. The third kappa shape index (κ3) is 9.38. The lowest BCUT2D eigenvalue weighted by Gasteiger charge is -2.35. The van der Waals surface area contributed by atoms with Crippen molar-refractivity contribution in [3.05, 3.63) is 54.6 Å². The summed E-state index contributed by atoms with van der Waals surface area (Å²) >= 11 is 0. The van der Waals surface area contributed by atoms with E-state index < -0.39 is 54.9 Å². The quantitative estimate of drug-likeness (QED) is 0.168. The summed E-state index contributed by atoms with van der Waals surface area (Å²) in [5.41, 5.74) is 1.34. The minimum atomic E-state index is -4.71. The molecule has 1 aromatic heterocycles. The minimum absolute atomic E-state index is 0.0294. The number of rotatable bonds is 12. The first-order valence-electron chi connectivity index (χ1n) is 17.5. The second kappa shape index (κ2) is 16.0. The van der Waals surface area contributed by atoms with E-state index in [1.165, 1.54) is 4.90 Å². The van der Waals surface area contributed by atoms with Gasteiger partial charge in [-0.3, -0.25) is 14.2 Å². The number of likely N-dealkylation sites (tertiary alicyclic amines) is 1. The molecule has 0 radical (unpaired) electrons. The molecule has 2 unspecified atom stereocenters. The van der Waals surface area contributed by atoms with Crippen LogP contribution < -0.4 is 20.1 Å². The number of nitrogens with zero attached hydrogens (tertiary/aromatic N) is 2. The average Bonchev–Trinajstić information content (AvgIpc) is 3.76. The molecule has 2 aliphatic rings. The van der Waals surface area contributed by atoms with E-state index in [-0.39, 0.29) is 25.5 Å². The number of amides is 3. The highest BCUT2D eigenvalue weighted by Gasteiger charge is 2.47. The van der Waals surface area contributed by atoms with Gasteiger partial charge in [-0.1, -0.05) is 64.4 Å². The van der Waals surface area contributed by atoms with Crippen LogP contribution in [0.1, 0.15) is 72.6 Å². The fourth-order valence-corrected chi connectivity index (χ4v) is 7.58. The molecule has 2 fully saturated rings. The predicted molar refractivity (Wildman–Crippen MR) is 192 cm³/mol. The molecule has 0 spiro atoms. The summed E-state index contributed by atoms with van der Waals surface area (Å²) in [5, 5.41) is 5.97. The number of fused-ring (bicyclic) bond motifs is 1. The third-order valence-corrected chi connectivity index (χ3v) is 10.6. The molecule has 14 heteroatoms. The number of pyridine rings is 1. The van der Waals surface area contributed by atoms with Crippen LogP contribution in [0.15, 0.2) is 54.6 Å². The molecule has 3 amide bonds. The summed E-state index contributed by atoms with van der Waals surface area (Å²) in [6.07, 6.45) is 2.31. The van der Waals surface area contributed by atoms with Gasteiger partial charge in [0.2, 0.25) is 11.8 Å². The lowest BCUT2D eigenvalue weighted by atomic mass is 9.85. The highest BCUT2D eigenvalue weighted by atomic mass is 31.2. The van der Waals surface area contributed by atoms with Crippen molar-refractivity contribution in [3.63, 3.8) is 0 Å². The fourth-order valence-electron chi connectivity index (χ4n) is 6.69. The Morgan fingerprint density at radius 1 is 1.02 bits per heavy atom. The van der Waals surface area contributed by atoms with Gasteiger partial charge < -0.3 is 39.5 Å². The number of methoxy groups -OCH3 is 1. The lowest BCUT2D eigenvalue weighted by Crippen LogP contribution is -2.58. The highest BCUT2D eigenvalue weighted by molar-refractivity contribution is 7.52. The normalized spacial score (nSPS) is 19.4. The molecule has 0 bridgehead atoms. The molecule has 1 aliphatic carbocycles. The van der Waals surface area contributed by atoms with Gasteiger partial charge in [-0.05, 0) is 49.7 Å². The van der Waals surface area contributed by atoms with Crippen molar-refractivity contribution in [1.29, 1.82) is 0 Å². The summed E-state index contributed by atoms with van der Waals surface area (Å²) in [6, 6.07) is 14.6. The zero-order valence-electron chi connectivity index (χ0n) is 29.8. The third-order valence-electron chi connectivity index (χ3n) is 9.42. The summed E-state index contributed by atoms with van der Waals surface area (Å²) in [4.78, 5) is 67.6. The molecule has 5 rings (SSSR count). The second-order valence-electron chi connectivity index (χ2n) is 14.4. The van der Waals surface area contributed by atoms with Crippen LogP contribution in [0.25, 0.3) is 22.2 Å². The van der Waals surface area contributed by atoms with E-state index >= 15 is 0 Å². The molecule has 1 aliphatic heterocycles. The number of carbonyl (C=O) groups is 3. The largest absolute Gasteiger partial charge is 0.497 e. The van der Waals surface area contributed by atoms with Crippen molar-refractivity contribution in [1.82, 2.24) is 20.5 Å². The van der Waals surface area contributed by atoms with Crippen molar-refractivity contribution in [2.45, 2.75) is 103 Å². The molecule has 1 saturated heterocycles. The van der Waals surface area contributed by atoms with Gasteiger partial charge in [0.05, 0.1) is 24.9 Å². The molecule has 276 valence electrons. The van der Waals surface area contributed by atoms with Gasteiger partial charge in [0.25, 0.3) is 0 Å². The van der Waals surface area contributed by atoms with Gasteiger partial charge >= 0.3 is 13.7 Å². The van der Waals surface area contributed by atoms with Crippen molar-refractivity contribution in [3.8, 4) is 22.8 Å². The zero-order chi connectivity index (χ0) is 36.9. The summed E-state index contributed by atoms with van der Waals surface area (Å²) in [6.45, 7) is 7.14. The Morgan fingerprint density at radius 2 is 1.73 bits per heavy atom. The van der Waals surface area contributed by atoms with Gasteiger partial charge in [0.15, 0.2) is 0 Å². The van der Waals surface area contributed by atoms with Crippen LogP contribution in [0.5, 0.6) is 11.5 Å². The van der Waals surface area contributed by atoms with E-state index in [1.807, 2.05) is 42.5 Å². The van der Waals surface area contributed by atoms with Crippen LogP contribution >= 0.6 is 7.60 Å². The summed E-state index contributed by atoms with van der Waals surface area (Å²) < 4.78 is 30.0. The maximum atomic E-state index is 14.5. The monoisotopic (exact) mass is 724 g/mol. The van der Waals surface area contributed by atoms with Crippen molar-refractivity contribution in [2.75, 3.05) is 13.7 Å². The van der Waals surface area contributed by atoms with Crippen molar-refractivity contribution >= 4 is 36.4 Å². The van der Waals surface area contributed by atoms with Crippen molar-refractivity contribution in [2.24, 2.45) is 5.41 Å². The van der Waals surface area contributed by atoms with Crippen LogP contribution in [-0.2, 0) is 18.9 Å². The van der Waals surface area contributed by atoms with E-state index in [4.69, 9.17) is 19.2 Å². The Kier molecular flexibility index (Phi) is 11.9. The summed E-state index contributed by atoms with van der Waals surface area (Å²) in [5.74, 6) is -1.58. The number of ether oxygens (including phenoxy) is 3. The first-order chi connectivity index (χ1) is 24.2. The molecular weight excluding hydrogens is 675 g/mol. The van der Waals surface area contributed by atoms with Gasteiger partial charge in [-0.15, -0.1) is 0 Å². The smallest absolute Gasteiger partial charge is 0.408 e. The number of hydrogen-bond acceptors (Lipinski definition) is 8. The molecule has 51 heavy (non-hydrogen) atoms. The molecule has 13 nitrogen and oxygen atoms in total. The number of alkyl carbamates (subject to hydrolysis) is 1. The van der Waals surface area contributed by atoms with Crippen LogP contribution in [-0.4, -0.2) is 81.3 Å². The Hall–Kier alpha value is -4.19. The molecule has 1 saturated carbocycles. The summed E-state index contributed by atoms with van der Waals surface area (Å²) in [7, 11) is -3.14. The zero-order valence-corrected chi connectivity index (χ0v) is 30.7. The predicted octanol–water partition coefficient (Wildman–Crippen LogP) is 5.76. The van der Waals surface area contributed by atoms with Crippen molar-refractivity contribution < 1.29 is 42.9 Å². The highest BCUT2D eigenvalue weighted by Crippen LogP contribution is 2.42. The topological polar surface area (TPSA) is 177 Å². The van der Waals surface area contributed by atoms with E-state index in [1.54, 1.807) is 46.9 Å². The molecule has 2 heterocycles. The minimum Gasteiger partial charge on any atom is -0.497 e. The van der Waals surface area contributed by atoms with Crippen LogP contribution in [0.2, 0.25) is 0 Å².